The normalized spacial score (nSPS) is 11.4. The number of aromatic hydroxyl groups is 1. The van der Waals surface area contributed by atoms with Gasteiger partial charge in [-0.25, -0.2) is 9.37 Å². The van der Waals surface area contributed by atoms with Crippen LogP contribution in [-0.4, -0.2) is 26.6 Å². The third-order valence-corrected chi connectivity index (χ3v) is 4.05. The Hall–Kier alpha value is -2.90. The molecule has 3 aromatic rings. The van der Waals surface area contributed by atoms with Gasteiger partial charge >= 0.3 is 0 Å². The Morgan fingerprint density at radius 1 is 1.35 bits per heavy atom. The zero-order valence-electron chi connectivity index (χ0n) is 13.6. The van der Waals surface area contributed by atoms with Gasteiger partial charge in [-0.3, -0.25) is 9.36 Å². The molecule has 0 radical (unpaired) electrons. The molecule has 0 unspecified atom stereocenters. The van der Waals surface area contributed by atoms with Gasteiger partial charge in [0.1, 0.15) is 11.6 Å². The summed E-state index contributed by atoms with van der Waals surface area (Å²) < 4.78 is 20.8. The van der Waals surface area contributed by atoms with Crippen molar-refractivity contribution < 1.29 is 19.3 Å². The lowest BCUT2D eigenvalue weighted by atomic mass is 10.0. The first-order valence-electron chi connectivity index (χ1n) is 7.58. The van der Waals surface area contributed by atoms with Crippen LogP contribution in [0.25, 0.3) is 28.4 Å². The second kappa shape index (κ2) is 7.15. The van der Waals surface area contributed by atoms with Crippen molar-refractivity contribution in [3.63, 3.8) is 0 Å². The second-order valence-electron chi connectivity index (χ2n) is 5.26. The lowest BCUT2D eigenvalue weighted by molar-refractivity contribution is 0.0989. The van der Waals surface area contributed by atoms with Gasteiger partial charge in [-0.05, 0) is 31.2 Å². The molecule has 6 nitrogen and oxygen atoms in total. The second-order valence-corrected chi connectivity index (χ2v) is 5.67. The molecule has 0 fully saturated rings. The average Bonchev–Trinajstić information content (AvgIpc) is 2.64. The van der Waals surface area contributed by atoms with Crippen LogP contribution in [0.15, 0.2) is 41.3 Å². The van der Waals surface area contributed by atoms with Crippen LogP contribution >= 0.6 is 11.6 Å². The first-order valence-corrected chi connectivity index (χ1v) is 7.96. The first kappa shape index (κ1) is 17.9. The maximum absolute atomic E-state index is 14.6. The maximum Gasteiger partial charge on any atom is 0.268 e. The van der Waals surface area contributed by atoms with Gasteiger partial charge in [0.05, 0.1) is 21.5 Å². The summed E-state index contributed by atoms with van der Waals surface area (Å²) in [5, 5.41) is 20.0. The molecule has 0 saturated heterocycles. The van der Waals surface area contributed by atoms with Crippen molar-refractivity contribution in [3.8, 4) is 22.6 Å². The minimum absolute atomic E-state index is 0.0156. The van der Waals surface area contributed by atoms with Gasteiger partial charge in [0, 0.05) is 12.4 Å². The number of nitrogens with zero attached hydrogens (tertiary/aromatic N) is 2. The minimum Gasteiger partial charge on any atom is -0.506 e. The van der Waals surface area contributed by atoms with Crippen LogP contribution in [0.4, 0.5) is 4.39 Å². The summed E-state index contributed by atoms with van der Waals surface area (Å²) in [5.41, 5.74) is -1.18. The first-order chi connectivity index (χ1) is 12.5. The molecule has 0 aliphatic carbocycles. The molecule has 1 aromatic carbocycles. The van der Waals surface area contributed by atoms with Gasteiger partial charge in [0.2, 0.25) is 0 Å². The minimum atomic E-state index is -0.833. The van der Waals surface area contributed by atoms with E-state index in [-0.39, 0.29) is 32.9 Å². The smallest absolute Gasteiger partial charge is 0.268 e. The summed E-state index contributed by atoms with van der Waals surface area (Å²) in [6, 6.07) is 5.41. The van der Waals surface area contributed by atoms with E-state index >= 15 is 0 Å². The third-order valence-electron chi connectivity index (χ3n) is 3.76. The third kappa shape index (κ3) is 2.81. The SMILES string of the molecule is C/C=C/n1c(=O)c(-c2c(F)ccc(Cl)c2OCO)c(O)c2cccnc21. The number of aromatic nitrogens is 2. The number of allylic oxidation sites excluding steroid dienone is 1. The monoisotopic (exact) mass is 376 g/mol. The van der Waals surface area contributed by atoms with E-state index in [0.29, 0.717) is 0 Å². The predicted octanol–water partition coefficient (Wildman–Crippen LogP) is 3.38. The average molecular weight is 377 g/mol. The van der Waals surface area contributed by atoms with Crippen LogP contribution in [0, 0.1) is 5.82 Å². The maximum atomic E-state index is 14.6. The molecule has 134 valence electrons. The fourth-order valence-electron chi connectivity index (χ4n) is 2.71. The molecule has 8 heteroatoms. The molecule has 2 N–H and O–H groups in total. The molecule has 0 atom stereocenters. The van der Waals surface area contributed by atoms with Gasteiger partial charge in [0.25, 0.3) is 5.56 Å². The molecule has 0 aliphatic rings. The highest BCUT2D eigenvalue weighted by molar-refractivity contribution is 6.32. The standard InChI is InChI=1S/C18H14ClFN2O4/c1-2-8-22-17-10(4-3-7-21-17)15(24)14(18(22)25)13-12(20)6-5-11(19)16(13)26-9-23/h2-8,23-24H,9H2,1H3/b8-2+. The Kier molecular flexibility index (Phi) is 4.92. The Morgan fingerprint density at radius 3 is 2.81 bits per heavy atom. The number of hydrogen-bond donors (Lipinski definition) is 2. The molecule has 0 saturated carbocycles. The molecule has 0 amide bonds. The van der Waals surface area contributed by atoms with Crippen molar-refractivity contribution in [1.29, 1.82) is 0 Å². The van der Waals surface area contributed by atoms with Crippen molar-refractivity contribution in [3.05, 3.63) is 57.7 Å². The molecule has 26 heavy (non-hydrogen) atoms. The number of rotatable bonds is 4. The van der Waals surface area contributed by atoms with Crippen LogP contribution < -0.4 is 10.3 Å². The van der Waals surface area contributed by atoms with Crippen molar-refractivity contribution in [2.75, 3.05) is 6.79 Å². The van der Waals surface area contributed by atoms with Gasteiger partial charge in [0.15, 0.2) is 18.2 Å². The molecular formula is C18H14ClFN2O4. The zero-order valence-corrected chi connectivity index (χ0v) is 14.4. The quantitative estimate of drug-likeness (QED) is 0.682. The Labute approximate surface area is 152 Å². The van der Waals surface area contributed by atoms with Crippen LogP contribution in [0.2, 0.25) is 5.02 Å². The fraction of sp³-hybridized carbons (Fsp3) is 0.111. The van der Waals surface area contributed by atoms with Crippen LogP contribution in [0.5, 0.6) is 11.5 Å². The van der Waals surface area contributed by atoms with Crippen LogP contribution in [0.3, 0.4) is 0 Å². The van der Waals surface area contributed by atoms with Crippen molar-refractivity contribution in [1.82, 2.24) is 9.55 Å². The molecule has 2 aromatic heterocycles. The number of halogens is 2. The lowest BCUT2D eigenvalue weighted by Gasteiger charge is -2.16. The number of hydrogen-bond acceptors (Lipinski definition) is 5. The van der Waals surface area contributed by atoms with Gasteiger partial charge < -0.3 is 14.9 Å². The van der Waals surface area contributed by atoms with Crippen molar-refractivity contribution >= 4 is 28.8 Å². The number of ether oxygens (including phenoxy) is 1. The van der Waals surface area contributed by atoms with Crippen LogP contribution in [-0.2, 0) is 0 Å². The molecule has 0 aliphatic heterocycles. The Balaban J connectivity index is 2.52. The number of benzene rings is 1. The fourth-order valence-corrected chi connectivity index (χ4v) is 2.92. The highest BCUT2D eigenvalue weighted by atomic mass is 35.5. The van der Waals surface area contributed by atoms with Gasteiger partial charge in [-0.1, -0.05) is 17.7 Å². The summed E-state index contributed by atoms with van der Waals surface area (Å²) in [5.74, 6) is -1.53. The molecule has 0 spiro atoms. The number of aliphatic hydroxyl groups is 1. The summed E-state index contributed by atoms with van der Waals surface area (Å²) in [7, 11) is 0. The Bertz CT molecular complexity index is 1080. The lowest BCUT2D eigenvalue weighted by Crippen LogP contribution is -2.20. The van der Waals surface area contributed by atoms with E-state index in [1.165, 1.54) is 23.0 Å². The van der Waals surface area contributed by atoms with E-state index < -0.39 is 23.9 Å². The van der Waals surface area contributed by atoms with E-state index in [0.717, 1.165) is 6.07 Å². The summed E-state index contributed by atoms with van der Waals surface area (Å²) >= 11 is 6.03. The van der Waals surface area contributed by atoms with E-state index in [9.17, 15) is 14.3 Å². The molecular weight excluding hydrogens is 363 g/mol. The number of fused-ring (bicyclic) bond motifs is 1. The largest absolute Gasteiger partial charge is 0.506 e. The van der Waals surface area contributed by atoms with Crippen molar-refractivity contribution in [2.45, 2.75) is 6.92 Å². The highest BCUT2D eigenvalue weighted by Gasteiger charge is 2.25. The summed E-state index contributed by atoms with van der Waals surface area (Å²) in [6.07, 6.45) is 4.53. The molecule has 2 heterocycles. The van der Waals surface area contributed by atoms with E-state index in [1.54, 1.807) is 25.1 Å². The summed E-state index contributed by atoms with van der Waals surface area (Å²) in [6.45, 7) is 0.920. The molecule has 0 bridgehead atoms. The van der Waals surface area contributed by atoms with E-state index in [2.05, 4.69) is 4.98 Å². The number of pyridine rings is 2. The predicted molar refractivity (Wildman–Crippen MR) is 96.8 cm³/mol. The van der Waals surface area contributed by atoms with E-state index in [1.807, 2.05) is 0 Å². The number of aliphatic hydroxyl groups excluding tert-OH is 1. The van der Waals surface area contributed by atoms with E-state index in [4.69, 9.17) is 21.4 Å². The van der Waals surface area contributed by atoms with Crippen molar-refractivity contribution in [2.24, 2.45) is 0 Å². The summed E-state index contributed by atoms with van der Waals surface area (Å²) in [4.78, 5) is 17.1. The molecule has 3 rings (SSSR count). The van der Waals surface area contributed by atoms with Gasteiger partial charge in [-0.15, -0.1) is 0 Å². The van der Waals surface area contributed by atoms with Crippen LogP contribution in [0.1, 0.15) is 6.92 Å². The Morgan fingerprint density at radius 2 is 2.12 bits per heavy atom. The van der Waals surface area contributed by atoms with Gasteiger partial charge in [-0.2, -0.15) is 0 Å². The zero-order chi connectivity index (χ0) is 18.8. The highest BCUT2D eigenvalue weighted by Crippen LogP contribution is 2.42. The topological polar surface area (TPSA) is 84.6 Å².